The molecular weight excluding hydrogens is 296 g/mol. The van der Waals surface area contributed by atoms with Crippen LogP contribution in [0.4, 0.5) is 0 Å². The SMILES string of the molecule is CCCCCC(CC)NC(=O)CCC(=O)N1CCCC1C(=O)O. The second-order valence-corrected chi connectivity index (χ2v) is 6.25. The first kappa shape index (κ1) is 19.5. The van der Waals surface area contributed by atoms with Crippen LogP contribution in [0.5, 0.6) is 0 Å². The lowest BCUT2D eigenvalue weighted by Crippen LogP contribution is -2.41. The number of carboxylic acids is 1. The molecule has 132 valence electrons. The lowest BCUT2D eigenvalue weighted by atomic mass is 10.1. The molecule has 0 aromatic heterocycles. The highest BCUT2D eigenvalue weighted by atomic mass is 16.4. The minimum atomic E-state index is -0.956. The summed E-state index contributed by atoms with van der Waals surface area (Å²) in [5, 5.41) is 12.1. The van der Waals surface area contributed by atoms with Crippen LogP contribution in [0, 0.1) is 0 Å². The summed E-state index contributed by atoms with van der Waals surface area (Å²) in [6, 6.07) is -0.550. The number of carbonyl (C=O) groups excluding carboxylic acids is 2. The summed E-state index contributed by atoms with van der Waals surface area (Å²) in [4.78, 5) is 36.6. The molecule has 0 aliphatic carbocycles. The maximum absolute atomic E-state index is 12.1. The van der Waals surface area contributed by atoms with Crippen LogP contribution >= 0.6 is 0 Å². The maximum atomic E-state index is 12.1. The number of aliphatic carboxylic acids is 1. The molecule has 6 nitrogen and oxygen atoms in total. The van der Waals surface area contributed by atoms with Gasteiger partial charge in [-0.05, 0) is 25.7 Å². The van der Waals surface area contributed by atoms with Gasteiger partial charge in [-0.25, -0.2) is 4.79 Å². The smallest absolute Gasteiger partial charge is 0.326 e. The molecule has 2 N–H and O–H groups in total. The molecule has 2 atom stereocenters. The van der Waals surface area contributed by atoms with Crippen LogP contribution in [0.15, 0.2) is 0 Å². The van der Waals surface area contributed by atoms with Crippen molar-refractivity contribution in [3.05, 3.63) is 0 Å². The second kappa shape index (κ2) is 10.2. The monoisotopic (exact) mass is 326 g/mol. The van der Waals surface area contributed by atoms with Gasteiger partial charge in [0.25, 0.3) is 0 Å². The molecule has 0 aromatic rings. The Morgan fingerprint density at radius 1 is 1.22 bits per heavy atom. The Bertz CT molecular complexity index is 411. The van der Waals surface area contributed by atoms with E-state index in [1.807, 2.05) is 6.92 Å². The van der Waals surface area contributed by atoms with E-state index in [1.54, 1.807) is 0 Å². The summed E-state index contributed by atoms with van der Waals surface area (Å²) in [6.45, 7) is 4.67. The van der Waals surface area contributed by atoms with Crippen molar-refractivity contribution in [3.8, 4) is 0 Å². The summed E-state index contributed by atoms with van der Waals surface area (Å²) >= 11 is 0. The van der Waals surface area contributed by atoms with Crippen LogP contribution in [0.2, 0.25) is 0 Å². The molecule has 1 fully saturated rings. The highest BCUT2D eigenvalue weighted by molar-refractivity contribution is 5.87. The molecule has 2 amide bonds. The van der Waals surface area contributed by atoms with E-state index in [2.05, 4.69) is 12.2 Å². The number of rotatable bonds is 10. The molecule has 1 heterocycles. The highest BCUT2D eigenvalue weighted by Crippen LogP contribution is 2.19. The number of nitrogens with zero attached hydrogens (tertiary/aromatic N) is 1. The third-order valence-electron chi connectivity index (χ3n) is 4.44. The van der Waals surface area contributed by atoms with Gasteiger partial charge < -0.3 is 15.3 Å². The normalized spacial score (nSPS) is 18.7. The van der Waals surface area contributed by atoms with Crippen molar-refractivity contribution >= 4 is 17.8 Å². The van der Waals surface area contributed by atoms with Crippen molar-refractivity contribution < 1.29 is 19.5 Å². The number of nitrogens with one attached hydrogen (secondary N) is 1. The molecule has 1 aliphatic rings. The number of hydrogen-bond acceptors (Lipinski definition) is 3. The molecule has 0 radical (unpaired) electrons. The van der Waals surface area contributed by atoms with Gasteiger partial charge in [0.2, 0.25) is 11.8 Å². The lowest BCUT2D eigenvalue weighted by Gasteiger charge is -2.21. The Morgan fingerprint density at radius 2 is 1.96 bits per heavy atom. The molecule has 2 unspecified atom stereocenters. The number of amides is 2. The quantitative estimate of drug-likeness (QED) is 0.603. The fraction of sp³-hybridized carbons (Fsp3) is 0.824. The zero-order valence-corrected chi connectivity index (χ0v) is 14.3. The summed E-state index contributed by atoms with van der Waals surface area (Å²) in [5.41, 5.74) is 0. The van der Waals surface area contributed by atoms with E-state index >= 15 is 0 Å². The van der Waals surface area contributed by atoms with E-state index < -0.39 is 12.0 Å². The third-order valence-corrected chi connectivity index (χ3v) is 4.44. The zero-order chi connectivity index (χ0) is 17.2. The van der Waals surface area contributed by atoms with Gasteiger partial charge in [-0.2, -0.15) is 0 Å². The molecule has 1 saturated heterocycles. The molecule has 1 aliphatic heterocycles. The predicted octanol–water partition coefficient (Wildman–Crippen LogP) is 2.32. The lowest BCUT2D eigenvalue weighted by molar-refractivity contribution is -0.148. The van der Waals surface area contributed by atoms with Gasteiger partial charge in [0.1, 0.15) is 6.04 Å². The Labute approximate surface area is 138 Å². The molecule has 6 heteroatoms. The van der Waals surface area contributed by atoms with Crippen LogP contribution in [0.1, 0.15) is 71.6 Å². The predicted molar refractivity (Wildman–Crippen MR) is 88.0 cm³/mol. The van der Waals surface area contributed by atoms with Crippen molar-refractivity contribution in [2.75, 3.05) is 6.54 Å². The summed E-state index contributed by atoms with van der Waals surface area (Å²) < 4.78 is 0. The van der Waals surface area contributed by atoms with Gasteiger partial charge in [0, 0.05) is 25.4 Å². The average Bonchev–Trinajstić information content (AvgIpc) is 3.01. The van der Waals surface area contributed by atoms with Crippen molar-refractivity contribution in [1.82, 2.24) is 10.2 Å². The fourth-order valence-electron chi connectivity index (χ4n) is 3.00. The number of likely N-dealkylation sites (tertiary alicyclic amines) is 1. The number of hydrogen-bond donors (Lipinski definition) is 2. The van der Waals surface area contributed by atoms with E-state index in [4.69, 9.17) is 5.11 Å². The fourth-order valence-corrected chi connectivity index (χ4v) is 3.00. The van der Waals surface area contributed by atoms with Crippen molar-refractivity contribution in [2.24, 2.45) is 0 Å². The van der Waals surface area contributed by atoms with E-state index in [-0.39, 0.29) is 30.7 Å². The van der Waals surface area contributed by atoms with Gasteiger partial charge in [0.15, 0.2) is 0 Å². The van der Waals surface area contributed by atoms with Crippen LogP contribution in [-0.4, -0.2) is 46.4 Å². The standard InChI is InChI=1S/C17H30N2O4/c1-3-5-6-8-13(4-2)18-15(20)10-11-16(21)19-12-7-9-14(19)17(22)23/h13-14H,3-12H2,1-2H3,(H,18,20)(H,22,23). The molecule has 0 spiro atoms. The first-order valence-corrected chi connectivity index (χ1v) is 8.81. The Kier molecular flexibility index (Phi) is 8.66. The molecular formula is C17H30N2O4. The zero-order valence-electron chi connectivity index (χ0n) is 14.3. The van der Waals surface area contributed by atoms with Crippen LogP contribution in [0.3, 0.4) is 0 Å². The first-order chi connectivity index (χ1) is 11.0. The van der Waals surface area contributed by atoms with Crippen molar-refractivity contribution in [2.45, 2.75) is 83.7 Å². The van der Waals surface area contributed by atoms with Gasteiger partial charge in [-0.3, -0.25) is 9.59 Å². The Morgan fingerprint density at radius 3 is 2.57 bits per heavy atom. The van der Waals surface area contributed by atoms with E-state index in [9.17, 15) is 14.4 Å². The van der Waals surface area contributed by atoms with Gasteiger partial charge in [-0.1, -0.05) is 33.1 Å². The second-order valence-electron chi connectivity index (χ2n) is 6.25. The average molecular weight is 326 g/mol. The number of carbonyl (C=O) groups is 3. The first-order valence-electron chi connectivity index (χ1n) is 8.81. The minimum Gasteiger partial charge on any atom is -0.480 e. The summed E-state index contributed by atoms with van der Waals surface area (Å²) in [6.07, 6.45) is 6.70. The molecule has 0 saturated carbocycles. The number of carboxylic acid groups (broad SMARTS) is 1. The summed E-state index contributed by atoms with van der Waals surface area (Å²) in [5.74, 6) is -1.31. The Balaban J connectivity index is 2.34. The van der Waals surface area contributed by atoms with Crippen LogP contribution < -0.4 is 5.32 Å². The van der Waals surface area contributed by atoms with Gasteiger partial charge in [-0.15, -0.1) is 0 Å². The van der Waals surface area contributed by atoms with Crippen LogP contribution in [-0.2, 0) is 14.4 Å². The molecule has 23 heavy (non-hydrogen) atoms. The van der Waals surface area contributed by atoms with E-state index in [0.717, 1.165) is 32.1 Å². The topological polar surface area (TPSA) is 86.7 Å². The van der Waals surface area contributed by atoms with E-state index in [0.29, 0.717) is 19.4 Å². The highest BCUT2D eigenvalue weighted by Gasteiger charge is 2.33. The molecule has 0 bridgehead atoms. The molecule has 0 aromatic carbocycles. The largest absolute Gasteiger partial charge is 0.480 e. The van der Waals surface area contributed by atoms with Crippen LogP contribution in [0.25, 0.3) is 0 Å². The van der Waals surface area contributed by atoms with Gasteiger partial charge in [0.05, 0.1) is 0 Å². The maximum Gasteiger partial charge on any atom is 0.326 e. The van der Waals surface area contributed by atoms with Crippen molar-refractivity contribution in [3.63, 3.8) is 0 Å². The minimum absolute atomic E-state index is 0.0843. The van der Waals surface area contributed by atoms with Crippen molar-refractivity contribution in [1.29, 1.82) is 0 Å². The third kappa shape index (κ3) is 6.59. The van der Waals surface area contributed by atoms with E-state index in [1.165, 1.54) is 4.90 Å². The Hall–Kier alpha value is -1.59. The molecule has 1 rings (SSSR count). The number of unbranched alkanes of at least 4 members (excludes halogenated alkanes) is 2. The van der Waals surface area contributed by atoms with Gasteiger partial charge >= 0.3 is 5.97 Å². The summed E-state index contributed by atoms with van der Waals surface area (Å²) in [7, 11) is 0.